The molecule has 6 nitrogen and oxygen atoms in total. The molecule has 1 saturated heterocycles. The molecule has 0 aromatic heterocycles. The van der Waals surface area contributed by atoms with Crippen molar-refractivity contribution >= 4 is 14.2 Å². The zero-order valence-corrected chi connectivity index (χ0v) is 9.49. The van der Waals surface area contributed by atoms with Gasteiger partial charge in [0.15, 0.2) is 0 Å². The molecule has 0 saturated carbocycles. The molecule has 0 radical (unpaired) electrons. The van der Waals surface area contributed by atoms with Crippen molar-refractivity contribution in [1.29, 1.82) is 0 Å². The van der Waals surface area contributed by atoms with E-state index < -0.39 is 7.75 Å². The van der Waals surface area contributed by atoms with Crippen LogP contribution in [-0.2, 0) is 13.9 Å². The maximum atomic E-state index is 11.0. The van der Waals surface area contributed by atoms with Crippen molar-refractivity contribution in [3.05, 3.63) is 0 Å². The zero-order valence-electron chi connectivity index (χ0n) is 8.59. The number of hydrogen-bond acceptors (Lipinski definition) is 4. The minimum Gasteiger partial charge on any atom is -0.308 e. The van der Waals surface area contributed by atoms with Crippen LogP contribution in [0.3, 0.4) is 0 Å². The molecule has 1 rings (SSSR count). The number of carbonyl (C=O) groups is 1. The van der Waals surface area contributed by atoms with Crippen LogP contribution in [0.4, 0.5) is 0 Å². The standard InChI is InChI=1S/C8H17N2O4P/c11-8-9-15(12,13)14-7-6-10-4-2-1-3-5-10/h8H,1-7H2,(H2,9,11,12,13). The molecule has 88 valence electrons. The molecule has 1 atom stereocenters. The Kier molecular flexibility index (Phi) is 5.25. The van der Waals surface area contributed by atoms with Crippen molar-refractivity contribution in [2.45, 2.75) is 19.3 Å². The van der Waals surface area contributed by atoms with Crippen molar-refractivity contribution in [1.82, 2.24) is 9.99 Å². The number of hydrogen-bond donors (Lipinski definition) is 2. The van der Waals surface area contributed by atoms with Crippen LogP contribution < -0.4 is 5.09 Å². The third-order valence-corrected chi connectivity index (χ3v) is 3.30. The van der Waals surface area contributed by atoms with Gasteiger partial charge in [0.2, 0.25) is 6.41 Å². The quantitative estimate of drug-likeness (QED) is 0.513. The number of piperidine rings is 1. The van der Waals surface area contributed by atoms with Crippen LogP contribution in [0.5, 0.6) is 0 Å². The van der Waals surface area contributed by atoms with Crippen LogP contribution in [0.15, 0.2) is 0 Å². The SMILES string of the molecule is O=CNP(=O)(O)OCCN1CCCCC1. The maximum absolute atomic E-state index is 11.0. The highest BCUT2D eigenvalue weighted by atomic mass is 31.2. The smallest absolute Gasteiger partial charge is 0.308 e. The highest BCUT2D eigenvalue weighted by Gasteiger charge is 2.18. The largest absolute Gasteiger partial charge is 0.432 e. The average molecular weight is 236 g/mol. The summed E-state index contributed by atoms with van der Waals surface area (Å²) in [6, 6.07) is 0. The van der Waals surface area contributed by atoms with Crippen molar-refractivity contribution in [3.8, 4) is 0 Å². The van der Waals surface area contributed by atoms with Crippen molar-refractivity contribution in [2.75, 3.05) is 26.2 Å². The lowest BCUT2D eigenvalue weighted by Gasteiger charge is -2.26. The molecule has 0 bridgehead atoms. The fourth-order valence-corrected chi connectivity index (χ4v) is 2.12. The van der Waals surface area contributed by atoms with Gasteiger partial charge in [0.05, 0.1) is 6.61 Å². The molecule has 2 N–H and O–H groups in total. The van der Waals surface area contributed by atoms with Crippen molar-refractivity contribution < 1.29 is 18.8 Å². The van der Waals surface area contributed by atoms with Gasteiger partial charge in [0.25, 0.3) is 0 Å². The summed E-state index contributed by atoms with van der Waals surface area (Å²) in [4.78, 5) is 21.2. The lowest BCUT2D eigenvalue weighted by Crippen LogP contribution is -2.32. The Labute approximate surface area is 89.2 Å². The molecule has 1 fully saturated rings. The van der Waals surface area contributed by atoms with E-state index in [2.05, 4.69) is 4.90 Å². The highest BCUT2D eigenvalue weighted by molar-refractivity contribution is 7.51. The van der Waals surface area contributed by atoms with Crippen LogP contribution in [0.25, 0.3) is 0 Å². The Morgan fingerprint density at radius 1 is 1.40 bits per heavy atom. The molecule has 15 heavy (non-hydrogen) atoms. The van der Waals surface area contributed by atoms with Gasteiger partial charge in [-0.15, -0.1) is 0 Å². The first kappa shape index (κ1) is 12.6. The summed E-state index contributed by atoms with van der Waals surface area (Å²) in [5.41, 5.74) is 0. The average Bonchev–Trinajstić information content (AvgIpc) is 2.19. The van der Waals surface area contributed by atoms with Crippen molar-refractivity contribution in [3.63, 3.8) is 0 Å². The lowest BCUT2D eigenvalue weighted by molar-refractivity contribution is -0.108. The number of amides is 1. The van der Waals surface area contributed by atoms with E-state index in [0.29, 0.717) is 6.54 Å². The number of nitrogens with zero attached hydrogens (tertiary/aromatic N) is 1. The minimum atomic E-state index is -3.90. The van der Waals surface area contributed by atoms with Gasteiger partial charge < -0.3 is 9.79 Å². The molecule has 1 amide bonds. The molecule has 7 heteroatoms. The molecule has 1 unspecified atom stereocenters. The molecule has 1 heterocycles. The van der Waals surface area contributed by atoms with E-state index in [1.54, 1.807) is 5.09 Å². The number of carbonyl (C=O) groups excluding carboxylic acids is 1. The van der Waals surface area contributed by atoms with Crippen LogP contribution in [0, 0.1) is 0 Å². The van der Waals surface area contributed by atoms with E-state index in [0.717, 1.165) is 13.1 Å². The third-order valence-electron chi connectivity index (χ3n) is 2.34. The highest BCUT2D eigenvalue weighted by Crippen LogP contribution is 2.35. The summed E-state index contributed by atoms with van der Waals surface area (Å²) in [7, 11) is -3.90. The van der Waals surface area contributed by atoms with Crippen molar-refractivity contribution in [2.24, 2.45) is 0 Å². The Bertz CT molecular complexity index is 243. The van der Waals surface area contributed by atoms with Gasteiger partial charge in [0, 0.05) is 6.54 Å². The predicted octanol–water partition coefficient (Wildman–Crippen LogP) is 0.335. The second-order valence-electron chi connectivity index (χ2n) is 3.50. The van der Waals surface area contributed by atoms with Gasteiger partial charge in [-0.3, -0.25) is 14.4 Å². The van der Waals surface area contributed by atoms with Gasteiger partial charge in [-0.25, -0.2) is 4.57 Å². The molecule has 0 aliphatic carbocycles. The molecule has 0 aromatic rings. The number of likely N-dealkylation sites (tertiary alicyclic amines) is 1. The maximum Gasteiger partial charge on any atom is 0.432 e. The summed E-state index contributed by atoms with van der Waals surface area (Å²) >= 11 is 0. The van der Waals surface area contributed by atoms with Gasteiger partial charge >= 0.3 is 7.75 Å². The number of nitrogens with one attached hydrogen (secondary N) is 1. The molecule has 0 aromatic carbocycles. The topological polar surface area (TPSA) is 78.9 Å². The fourth-order valence-electron chi connectivity index (χ4n) is 1.58. The van der Waals surface area contributed by atoms with Crippen LogP contribution in [-0.4, -0.2) is 42.4 Å². The zero-order chi connectivity index (χ0) is 11.1. The molecular weight excluding hydrogens is 219 g/mol. The molecular formula is C8H17N2O4P. The summed E-state index contributed by atoms with van der Waals surface area (Å²) in [6.45, 7) is 2.82. The fraction of sp³-hybridized carbons (Fsp3) is 0.875. The summed E-state index contributed by atoms with van der Waals surface area (Å²) < 4.78 is 15.7. The van der Waals surface area contributed by atoms with E-state index >= 15 is 0 Å². The first-order valence-electron chi connectivity index (χ1n) is 5.05. The molecule has 1 aliphatic heterocycles. The van der Waals surface area contributed by atoms with Crippen LogP contribution in [0.2, 0.25) is 0 Å². The van der Waals surface area contributed by atoms with Gasteiger partial charge in [-0.1, -0.05) is 6.42 Å². The Balaban J connectivity index is 2.14. The Hall–Kier alpha value is -0.420. The van der Waals surface area contributed by atoms with E-state index in [1.807, 2.05) is 0 Å². The van der Waals surface area contributed by atoms with E-state index in [-0.39, 0.29) is 13.0 Å². The Morgan fingerprint density at radius 2 is 2.07 bits per heavy atom. The number of rotatable bonds is 6. The van der Waals surface area contributed by atoms with E-state index in [9.17, 15) is 9.36 Å². The van der Waals surface area contributed by atoms with E-state index in [1.165, 1.54) is 19.3 Å². The lowest BCUT2D eigenvalue weighted by atomic mass is 10.1. The minimum absolute atomic E-state index is 0.161. The van der Waals surface area contributed by atoms with Crippen LogP contribution in [0.1, 0.15) is 19.3 Å². The van der Waals surface area contributed by atoms with Gasteiger partial charge in [-0.05, 0) is 25.9 Å². The van der Waals surface area contributed by atoms with E-state index in [4.69, 9.17) is 9.42 Å². The first-order chi connectivity index (χ1) is 7.14. The molecule has 0 spiro atoms. The Morgan fingerprint density at radius 3 is 2.67 bits per heavy atom. The second kappa shape index (κ2) is 6.23. The third kappa shape index (κ3) is 5.28. The monoisotopic (exact) mass is 236 g/mol. The predicted molar refractivity (Wildman–Crippen MR) is 55.3 cm³/mol. The second-order valence-corrected chi connectivity index (χ2v) is 5.06. The summed E-state index contributed by atoms with van der Waals surface area (Å²) in [5, 5.41) is 1.75. The normalized spacial score (nSPS) is 21.9. The van der Waals surface area contributed by atoms with Gasteiger partial charge in [-0.2, -0.15) is 0 Å². The van der Waals surface area contributed by atoms with Crippen LogP contribution >= 0.6 is 7.75 Å². The summed E-state index contributed by atoms with van der Waals surface area (Å²) in [5.74, 6) is 0. The molecule has 1 aliphatic rings. The first-order valence-corrected chi connectivity index (χ1v) is 6.63. The van der Waals surface area contributed by atoms with Gasteiger partial charge in [0.1, 0.15) is 0 Å². The summed E-state index contributed by atoms with van der Waals surface area (Å²) in [6.07, 6.45) is 3.76.